The van der Waals surface area contributed by atoms with Crippen LogP contribution in [0.4, 0.5) is 0 Å². The zero-order valence-electron chi connectivity index (χ0n) is 14.8. The number of amidine groups is 1. The molecule has 3 rings (SSSR count). The number of rotatable bonds is 3. The Kier molecular flexibility index (Phi) is 5.34. The van der Waals surface area contributed by atoms with E-state index in [2.05, 4.69) is 9.89 Å². The van der Waals surface area contributed by atoms with Crippen molar-refractivity contribution in [3.8, 4) is 11.5 Å². The molecule has 7 heteroatoms. The van der Waals surface area contributed by atoms with E-state index in [0.717, 1.165) is 23.8 Å². The van der Waals surface area contributed by atoms with Crippen LogP contribution in [0.1, 0.15) is 19.4 Å². The molecular weight excluding hydrogens is 340 g/mol. The van der Waals surface area contributed by atoms with Crippen molar-refractivity contribution in [1.29, 1.82) is 0 Å². The van der Waals surface area contributed by atoms with E-state index in [0.29, 0.717) is 16.4 Å². The molecule has 0 unspecified atom stereocenters. The maximum Gasteiger partial charge on any atom is 0.286 e. The molecule has 2 atom stereocenters. The van der Waals surface area contributed by atoms with Crippen LogP contribution in [0.25, 0.3) is 6.08 Å². The topological polar surface area (TPSA) is 60.4 Å². The van der Waals surface area contributed by atoms with Crippen LogP contribution in [0.15, 0.2) is 28.1 Å². The average molecular weight is 362 g/mol. The van der Waals surface area contributed by atoms with Gasteiger partial charge >= 0.3 is 0 Å². The summed E-state index contributed by atoms with van der Waals surface area (Å²) in [6.07, 6.45) is 2.08. The second-order valence-corrected chi connectivity index (χ2v) is 7.10. The fraction of sp³-hybridized carbons (Fsp3) is 0.444. The molecule has 2 aliphatic heterocycles. The van der Waals surface area contributed by atoms with Crippen molar-refractivity contribution < 1.29 is 19.0 Å². The van der Waals surface area contributed by atoms with Crippen molar-refractivity contribution in [2.75, 3.05) is 27.3 Å². The summed E-state index contributed by atoms with van der Waals surface area (Å²) >= 11 is 1.41. The lowest BCUT2D eigenvalue weighted by Gasteiger charge is -2.35. The summed E-state index contributed by atoms with van der Waals surface area (Å²) in [6, 6.07) is 5.55. The highest BCUT2D eigenvalue weighted by atomic mass is 32.2. The number of benzene rings is 1. The lowest BCUT2D eigenvalue weighted by molar-refractivity contribution is -0.113. The number of morpholine rings is 1. The van der Waals surface area contributed by atoms with Crippen LogP contribution >= 0.6 is 11.8 Å². The number of nitrogens with zero attached hydrogens (tertiary/aromatic N) is 2. The predicted octanol–water partition coefficient (Wildman–Crippen LogP) is 2.78. The van der Waals surface area contributed by atoms with E-state index in [-0.39, 0.29) is 18.1 Å². The highest BCUT2D eigenvalue weighted by Gasteiger charge is 2.31. The second kappa shape index (κ2) is 7.49. The van der Waals surface area contributed by atoms with E-state index in [4.69, 9.17) is 14.2 Å². The van der Waals surface area contributed by atoms with Gasteiger partial charge in [0, 0.05) is 13.1 Å². The third-order valence-corrected chi connectivity index (χ3v) is 5.05. The second-order valence-electron chi connectivity index (χ2n) is 6.09. The fourth-order valence-electron chi connectivity index (χ4n) is 2.96. The van der Waals surface area contributed by atoms with Gasteiger partial charge in [0.1, 0.15) is 0 Å². The summed E-state index contributed by atoms with van der Waals surface area (Å²) in [7, 11) is 3.18. The van der Waals surface area contributed by atoms with E-state index in [1.807, 2.05) is 38.1 Å². The smallest absolute Gasteiger partial charge is 0.286 e. The summed E-state index contributed by atoms with van der Waals surface area (Å²) in [5.74, 6) is 1.08. The Bertz CT molecular complexity index is 722. The number of aliphatic imine (C=N–C) groups is 1. The van der Waals surface area contributed by atoms with E-state index < -0.39 is 0 Å². The van der Waals surface area contributed by atoms with Crippen LogP contribution in [-0.2, 0) is 9.53 Å². The van der Waals surface area contributed by atoms with Crippen molar-refractivity contribution in [1.82, 2.24) is 4.90 Å². The van der Waals surface area contributed by atoms with E-state index in [1.165, 1.54) is 11.8 Å². The van der Waals surface area contributed by atoms with E-state index in [1.54, 1.807) is 14.2 Å². The highest BCUT2D eigenvalue weighted by Crippen LogP contribution is 2.33. The fourth-order valence-corrected chi connectivity index (χ4v) is 3.89. The minimum atomic E-state index is -0.207. The van der Waals surface area contributed by atoms with Crippen molar-refractivity contribution in [3.05, 3.63) is 28.7 Å². The van der Waals surface area contributed by atoms with Gasteiger partial charge in [0.2, 0.25) is 0 Å². The number of methoxy groups -OCH3 is 2. The summed E-state index contributed by atoms with van der Waals surface area (Å²) < 4.78 is 16.3. The summed E-state index contributed by atoms with van der Waals surface area (Å²) in [6.45, 7) is 5.55. The van der Waals surface area contributed by atoms with Crippen LogP contribution in [0, 0.1) is 0 Å². The zero-order chi connectivity index (χ0) is 18.0. The van der Waals surface area contributed by atoms with E-state index >= 15 is 0 Å². The Morgan fingerprint density at radius 2 is 1.88 bits per heavy atom. The molecule has 2 aliphatic rings. The number of hydrogen-bond donors (Lipinski definition) is 0. The van der Waals surface area contributed by atoms with Crippen molar-refractivity contribution >= 4 is 28.9 Å². The molecular formula is C18H22N2O4S. The van der Waals surface area contributed by atoms with E-state index in [9.17, 15) is 4.79 Å². The molecule has 0 N–H and O–H groups in total. The van der Waals surface area contributed by atoms with Gasteiger partial charge in [-0.2, -0.15) is 4.99 Å². The molecule has 25 heavy (non-hydrogen) atoms. The van der Waals surface area contributed by atoms with Gasteiger partial charge in [-0.1, -0.05) is 6.07 Å². The van der Waals surface area contributed by atoms with Crippen molar-refractivity contribution in [3.63, 3.8) is 0 Å². The summed E-state index contributed by atoms with van der Waals surface area (Å²) in [4.78, 5) is 19.2. The minimum absolute atomic E-state index is 0.126. The van der Waals surface area contributed by atoms with Crippen molar-refractivity contribution in [2.24, 2.45) is 4.99 Å². The monoisotopic (exact) mass is 362 g/mol. The van der Waals surface area contributed by atoms with Gasteiger partial charge in [0.05, 0.1) is 31.3 Å². The molecule has 0 saturated carbocycles. The zero-order valence-corrected chi connectivity index (χ0v) is 15.6. The molecule has 0 bridgehead atoms. The van der Waals surface area contributed by atoms with Crippen LogP contribution in [0.5, 0.6) is 11.5 Å². The number of thioether (sulfide) groups is 1. The predicted molar refractivity (Wildman–Crippen MR) is 99.1 cm³/mol. The summed E-state index contributed by atoms with van der Waals surface area (Å²) in [5.41, 5.74) is 0.869. The maximum atomic E-state index is 12.3. The van der Waals surface area contributed by atoms with Gasteiger partial charge in [0.15, 0.2) is 16.7 Å². The van der Waals surface area contributed by atoms with Gasteiger partial charge < -0.3 is 19.1 Å². The number of amides is 1. The first-order valence-electron chi connectivity index (χ1n) is 8.15. The van der Waals surface area contributed by atoms with Crippen LogP contribution in [0.3, 0.4) is 0 Å². The van der Waals surface area contributed by atoms with Crippen molar-refractivity contribution in [2.45, 2.75) is 26.1 Å². The normalized spacial score (nSPS) is 25.3. The number of hydrogen-bond acceptors (Lipinski definition) is 6. The first-order chi connectivity index (χ1) is 12.0. The Morgan fingerprint density at radius 3 is 2.52 bits per heavy atom. The first kappa shape index (κ1) is 17.8. The van der Waals surface area contributed by atoms with Crippen LogP contribution in [-0.4, -0.2) is 55.5 Å². The number of ether oxygens (including phenoxy) is 3. The van der Waals surface area contributed by atoms with Gasteiger partial charge in [-0.05, 0) is 49.4 Å². The third kappa shape index (κ3) is 3.99. The quantitative estimate of drug-likeness (QED) is 0.771. The maximum absolute atomic E-state index is 12.3. The molecule has 2 heterocycles. The van der Waals surface area contributed by atoms with Gasteiger partial charge in [0.25, 0.3) is 5.91 Å². The lowest BCUT2D eigenvalue weighted by Crippen LogP contribution is -2.47. The van der Waals surface area contributed by atoms with Crippen LogP contribution < -0.4 is 9.47 Å². The Balaban J connectivity index is 1.77. The highest BCUT2D eigenvalue weighted by molar-refractivity contribution is 8.18. The molecule has 0 aromatic heterocycles. The number of carbonyl (C=O) groups excluding carboxylic acids is 1. The Hall–Kier alpha value is -1.99. The summed E-state index contributed by atoms with van der Waals surface area (Å²) in [5, 5.41) is 0.749. The van der Waals surface area contributed by atoms with Gasteiger partial charge in [-0.25, -0.2) is 0 Å². The van der Waals surface area contributed by atoms with Crippen LogP contribution in [0.2, 0.25) is 0 Å². The standard InChI is InChI=1S/C18H22N2O4S/c1-11-9-20(10-12(2)24-11)18-19-17(21)16(25-18)8-13-5-6-14(22-3)15(7-13)23-4/h5-8,11-12H,9-10H2,1-4H3/b16-8-/t11-,12+. The average Bonchev–Trinajstić information content (AvgIpc) is 2.94. The molecule has 1 fully saturated rings. The minimum Gasteiger partial charge on any atom is -0.493 e. The number of carbonyl (C=O) groups is 1. The van der Waals surface area contributed by atoms with Gasteiger partial charge in [-0.15, -0.1) is 0 Å². The third-order valence-electron chi connectivity index (χ3n) is 4.00. The molecule has 0 radical (unpaired) electrons. The molecule has 1 saturated heterocycles. The molecule has 1 aromatic carbocycles. The molecule has 134 valence electrons. The largest absolute Gasteiger partial charge is 0.493 e. The molecule has 1 amide bonds. The Morgan fingerprint density at radius 1 is 1.20 bits per heavy atom. The molecule has 0 spiro atoms. The molecule has 0 aliphatic carbocycles. The van der Waals surface area contributed by atoms with Gasteiger partial charge in [-0.3, -0.25) is 4.79 Å². The first-order valence-corrected chi connectivity index (χ1v) is 8.96. The molecule has 1 aromatic rings. The SMILES string of the molecule is COc1ccc(/C=C2\SC(N3C[C@@H](C)O[C@@H](C)C3)=NC2=O)cc1OC. The lowest BCUT2D eigenvalue weighted by atomic mass is 10.2. The molecule has 6 nitrogen and oxygen atoms in total. The Labute approximate surface area is 151 Å².